The van der Waals surface area contributed by atoms with Crippen LogP contribution in [0, 0.1) is 5.82 Å². The SMILES string of the molecule is CC(C)c1nnc2c(SCc3cccc(F)c3)nc3ccccc3n12. The van der Waals surface area contributed by atoms with Gasteiger partial charge in [-0.05, 0) is 29.8 Å². The lowest BCUT2D eigenvalue weighted by Gasteiger charge is -2.09. The van der Waals surface area contributed by atoms with Crippen LogP contribution in [-0.2, 0) is 5.75 Å². The fourth-order valence-electron chi connectivity index (χ4n) is 2.83. The summed E-state index contributed by atoms with van der Waals surface area (Å²) in [6.07, 6.45) is 0. The van der Waals surface area contributed by atoms with Gasteiger partial charge in [0.05, 0.1) is 11.0 Å². The first kappa shape index (κ1) is 16.0. The number of hydrogen-bond acceptors (Lipinski definition) is 4. The van der Waals surface area contributed by atoms with Crippen molar-refractivity contribution in [2.24, 2.45) is 0 Å². The number of aromatic nitrogens is 4. The van der Waals surface area contributed by atoms with Crippen LogP contribution in [0.25, 0.3) is 16.7 Å². The van der Waals surface area contributed by atoms with E-state index in [9.17, 15) is 4.39 Å². The summed E-state index contributed by atoms with van der Waals surface area (Å²) in [5.74, 6) is 1.57. The Morgan fingerprint density at radius 3 is 2.72 bits per heavy atom. The Bertz CT molecular complexity index is 1060. The molecule has 0 spiro atoms. The third-order valence-electron chi connectivity index (χ3n) is 4.00. The lowest BCUT2D eigenvalue weighted by atomic mass is 10.2. The Labute approximate surface area is 149 Å². The van der Waals surface area contributed by atoms with Crippen molar-refractivity contribution < 1.29 is 4.39 Å². The first-order valence-electron chi connectivity index (χ1n) is 8.14. The predicted octanol–water partition coefficient (Wildman–Crippen LogP) is 4.83. The monoisotopic (exact) mass is 352 g/mol. The van der Waals surface area contributed by atoms with Gasteiger partial charge in [-0.15, -0.1) is 10.2 Å². The maximum Gasteiger partial charge on any atom is 0.193 e. The lowest BCUT2D eigenvalue weighted by Crippen LogP contribution is -2.01. The quantitative estimate of drug-likeness (QED) is 0.493. The summed E-state index contributed by atoms with van der Waals surface area (Å²) >= 11 is 1.55. The molecule has 2 aromatic carbocycles. The maximum absolute atomic E-state index is 13.4. The Balaban J connectivity index is 1.82. The predicted molar refractivity (Wildman–Crippen MR) is 98.3 cm³/mol. The van der Waals surface area contributed by atoms with Crippen LogP contribution in [0.2, 0.25) is 0 Å². The van der Waals surface area contributed by atoms with E-state index in [2.05, 4.69) is 28.4 Å². The molecule has 0 fully saturated rings. The Hall–Kier alpha value is -2.47. The van der Waals surface area contributed by atoms with Gasteiger partial charge in [-0.2, -0.15) is 0 Å². The maximum atomic E-state index is 13.4. The van der Waals surface area contributed by atoms with Crippen LogP contribution in [-0.4, -0.2) is 19.6 Å². The highest BCUT2D eigenvalue weighted by atomic mass is 32.2. The van der Waals surface area contributed by atoms with Crippen LogP contribution in [0.1, 0.15) is 31.2 Å². The van der Waals surface area contributed by atoms with E-state index >= 15 is 0 Å². The van der Waals surface area contributed by atoms with Gasteiger partial charge >= 0.3 is 0 Å². The van der Waals surface area contributed by atoms with Crippen molar-refractivity contribution in [2.75, 3.05) is 0 Å². The second-order valence-electron chi connectivity index (χ2n) is 6.20. The molecule has 2 aromatic heterocycles. The van der Waals surface area contributed by atoms with Gasteiger partial charge in [0.2, 0.25) is 0 Å². The highest BCUT2D eigenvalue weighted by Gasteiger charge is 2.17. The third-order valence-corrected chi connectivity index (χ3v) is 5.03. The molecule has 0 saturated heterocycles. The number of nitrogens with zero attached hydrogens (tertiary/aromatic N) is 4. The Morgan fingerprint density at radius 1 is 1.08 bits per heavy atom. The average molecular weight is 352 g/mol. The van der Waals surface area contributed by atoms with Crippen LogP contribution >= 0.6 is 11.8 Å². The van der Waals surface area contributed by atoms with Crippen molar-refractivity contribution in [3.05, 3.63) is 65.7 Å². The van der Waals surface area contributed by atoms with Gasteiger partial charge in [0.25, 0.3) is 0 Å². The highest BCUT2D eigenvalue weighted by Crippen LogP contribution is 2.29. The van der Waals surface area contributed by atoms with Crippen molar-refractivity contribution in [3.8, 4) is 0 Å². The van der Waals surface area contributed by atoms with Gasteiger partial charge in [-0.1, -0.05) is 49.9 Å². The normalized spacial score (nSPS) is 11.7. The van der Waals surface area contributed by atoms with E-state index in [-0.39, 0.29) is 11.7 Å². The lowest BCUT2D eigenvalue weighted by molar-refractivity contribution is 0.626. The van der Waals surface area contributed by atoms with Gasteiger partial charge in [0.15, 0.2) is 5.65 Å². The zero-order chi connectivity index (χ0) is 17.4. The summed E-state index contributed by atoms with van der Waals surface area (Å²) in [7, 11) is 0. The summed E-state index contributed by atoms with van der Waals surface area (Å²) in [5, 5.41) is 9.56. The standard InChI is InChI=1S/C19H17FN4S/c1-12(2)17-22-23-18-19(25-11-13-6-5-7-14(20)10-13)21-15-8-3-4-9-16(15)24(17)18/h3-10,12H,11H2,1-2H3. The van der Waals surface area contributed by atoms with Crippen molar-refractivity contribution in [1.29, 1.82) is 0 Å². The van der Waals surface area contributed by atoms with E-state index in [1.807, 2.05) is 30.3 Å². The summed E-state index contributed by atoms with van der Waals surface area (Å²) in [5.41, 5.74) is 3.57. The number of hydrogen-bond donors (Lipinski definition) is 0. The number of rotatable bonds is 4. The smallest absolute Gasteiger partial charge is 0.193 e. The van der Waals surface area contributed by atoms with E-state index in [1.54, 1.807) is 23.9 Å². The van der Waals surface area contributed by atoms with Crippen LogP contribution < -0.4 is 0 Å². The molecule has 2 heterocycles. The number of benzene rings is 2. The fourth-order valence-corrected chi connectivity index (χ4v) is 3.74. The van der Waals surface area contributed by atoms with E-state index in [0.29, 0.717) is 5.75 Å². The molecule has 6 heteroatoms. The minimum Gasteiger partial charge on any atom is -0.275 e. The average Bonchev–Trinajstić information content (AvgIpc) is 3.05. The second-order valence-corrected chi connectivity index (χ2v) is 7.16. The van der Waals surface area contributed by atoms with Gasteiger partial charge in [-0.3, -0.25) is 4.40 Å². The Kier molecular flexibility index (Phi) is 4.13. The molecule has 0 amide bonds. The van der Waals surface area contributed by atoms with Crippen molar-refractivity contribution in [3.63, 3.8) is 0 Å². The third kappa shape index (κ3) is 2.98. The molecule has 0 aliphatic carbocycles. The zero-order valence-electron chi connectivity index (χ0n) is 14.0. The number of thioether (sulfide) groups is 1. The zero-order valence-corrected chi connectivity index (χ0v) is 14.8. The van der Waals surface area contributed by atoms with Crippen LogP contribution in [0.3, 0.4) is 0 Å². The van der Waals surface area contributed by atoms with Crippen molar-refractivity contribution in [1.82, 2.24) is 19.6 Å². The van der Waals surface area contributed by atoms with Crippen LogP contribution in [0.4, 0.5) is 4.39 Å². The molecular weight excluding hydrogens is 335 g/mol. The van der Waals surface area contributed by atoms with Crippen LogP contribution in [0.15, 0.2) is 53.6 Å². The molecule has 0 unspecified atom stereocenters. The molecule has 4 aromatic rings. The molecule has 0 aliphatic rings. The van der Waals surface area contributed by atoms with Crippen molar-refractivity contribution >= 4 is 28.4 Å². The number of fused-ring (bicyclic) bond motifs is 3. The highest BCUT2D eigenvalue weighted by molar-refractivity contribution is 7.98. The second kappa shape index (κ2) is 6.44. The Morgan fingerprint density at radius 2 is 1.92 bits per heavy atom. The van der Waals surface area contributed by atoms with E-state index < -0.39 is 0 Å². The molecule has 4 nitrogen and oxygen atoms in total. The number of halogens is 1. The minimum atomic E-state index is -0.223. The van der Waals surface area contributed by atoms with Gasteiger partial charge in [-0.25, -0.2) is 9.37 Å². The molecule has 0 radical (unpaired) electrons. The molecule has 0 bridgehead atoms. The molecule has 4 rings (SSSR count). The first-order chi connectivity index (χ1) is 12.1. The van der Waals surface area contributed by atoms with Crippen LogP contribution in [0.5, 0.6) is 0 Å². The fraction of sp³-hybridized carbons (Fsp3) is 0.211. The topological polar surface area (TPSA) is 43.1 Å². The van der Waals surface area contributed by atoms with E-state index in [0.717, 1.165) is 33.1 Å². The molecule has 0 N–H and O–H groups in total. The summed E-state index contributed by atoms with van der Waals surface area (Å²) in [6.45, 7) is 4.20. The van der Waals surface area contributed by atoms with Gasteiger partial charge < -0.3 is 0 Å². The largest absolute Gasteiger partial charge is 0.275 e. The molecule has 126 valence electrons. The first-order valence-corrected chi connectivity index (χ1v) is 9.13. The molecule has 0 aliphatic heterocycles. The molecule has 25 heavy (non-hydrogen) atoms. The van der Waals surface area contributed by atoms with E-state index in [1.165, 1.54) is 6.07 Å². The van der Waals surface area contributed by atoms with Gasteiger partial charge in [0.1, 0.15) is 16.7 Å². The molecular formula is C19H17FN4S. The minimum absolute atomic E-state index is 0.223. The summed E-state index contributed by atoms with van der Waals surface area (Å²) in [4.78, 5) is 4.76. The molecule has 0 atom stereocenters. The number of para-hydroxylation sites is 2. The summed E-state index contributed by atoms with van der Waals surface area (Å²) < 4.78 is 15.5. The van der Waals surface area contributed by atoms with Gasteiger partial charge in [0, 0.05) is 11.7 Å². The molecule has 0 saturated carbocycles. The van der Waals surface area contributed by atoms with Crippen molar-refractivity contribution in [2.45, 2.75) is 30.5 Å². The van der Waals surface area contributed by atoms with E-state index in [4.69, 9.17) is 4.98 Å². The summed E-state index contributed by atoms with van der Waals surface area (Å²) in [6, 6.07) is 14.6.